The summed E-state index contributed by atoms with van der Waals surface area (Å²) in [6.45, 7) is 3.89. The molecule has 0 bridgehead atoms. The second-order valence-corrected chi connectivity index (χ2v) is 5.01. The molecule has 1 aliphatic carbocycles. The van der Waals surface area contributed by atoms with E-state index in [1.807, 2.05) is 6.07 Å². The van der Waals surface area contributed by atoms with Crippen molar-refractivity contribution in [2.75, 3.05) is 0 Å². The highest BCUT2D eigenvalue weighted by Crippen LogP contribution is 2.43. The Kier molecular flexibility index (Phi) is 3.02. The van der Waals surface area contributed by atoms with Crippen LogP contribution in [0.2, 0.25) is 0 Å². The molecule has 1 N–H and O–H groups in total. The smallest absolute Gasteiger partial charge is 0.126 e. The number of aliphatic hydroxyl groups is 1. The van der Waals surface area contributed by atoms with Gasteiger partial charge in [-0.25, -0.2) is 4.39 Å². The molecule has 0 aromatic heterocycles. The Morgan fingerprint density at radius 3 is 2.81 bits per heavy atom. The normalized spacial score (nSPS) is 29.6. The van der Waals surface area contributed by atoms with Gasteiger partial charge in [0.05, 0.1) is 5.60 Å². The van der Waals surface area contributed by atoms with Crippen LogP contribution in [0.5, 0.6) is 0 Å². The van der Waals surface area contributed by atoms with E-state index in [2.05, 4.69) is 6.92 Å². The van der Waals surface area contributed by atoms with Gasteiger partial charge in [0.25, 0.3) is 0 Å². The maximum absolute atomic E-state index is 13.5. The van der Waals surface area contributed by atoms with Crippen molar-refractivity contribution in [3.8, 4) is 0 Å². The first-order valence-electron chi connectivity index (χ1n) is 6.04. The first-order valence-corrected chi connectivity index (χ1v) is 6.04. The molecule has 2 unspecified atom stereocenters. The molecule has 0 amide bonds. The molecule has 1 aromatic rings. The lowest BCUT2D eigenvalue weighted by Crippen LogP contribution is -2.22. The predicted octanol–water partition coefficient (Wildman–Crippen LogP) is 3.53. The number of hydrogen-bond acceptors (Lipinski definition) is 1. The van der Waals surface area contributed by atoms with Crippen LogP contribution in [0.25, 0.3) is 0 Å². The molecule has 1 nitrogen and oxygen atoms in total. The van der Waals surface area contributed by atoms with Crippen LogP contribution in [-0.2, 0) is 5.60 Å². The second-order valence-electron chi connectivity index (χ2n) is 5.01. The largest absolute Gasteiger partial charge is 0.385 e. The molecule has 0 heterocycles. The molecular formula is C14H19FO. The fourth-order valence-corrected chi connectivity index (χ4v) is 2.62. The number of benzene rings is 1. The summed E-state index contributed by atoms with van der Waals surface area (Å²) in [7, 11) is 0. The Balaban J connectivity index is 2.27. The fourth-order valence-electron chi connectivity index (χ4n) is 2.62. The highest BCUT2D eigenvalue weighted by atomic mass is 19.1. The van der Waals surface area contributed by atoms with Crippen LogP contribution in [0.15, 0.2) is 18.2 Å². The lowest BCUT2D eigenvalue weighted by Gasteiger charge is -2.23. The van der Waals surface area contributed by atoms with Crippen molar-refractivity contribution in [1.82, 2.24) is 0 Å². The minimum Gasteiger partial charge on any atom is -0.385 e. The van der Waals surface area contributed by atoms with Crippen LogP contribution in [-0.4, -0.2) is 5.11 Å². The van der Waals surface area contributed by atoms with E-state index in [0.29, 0.717) is 11.5 Å². The average Bonchev–Trinajstić information content (AvgIpc) is 2.66. The SMILES string of the molecule is CCC1CCC(O)(c2ccc(C)c(F)c2)C1. The minimum atomic E-state index is -0.796. The van der Waals surface area contributed by atoms with E-state index >= 15 is 0 Å². The van der Waals surface area contributed by atoms with Gasteiger partial charge in [0.15, 0.2) is 0 Å². The molecule has 1 aromatic carbocycles. The molecule has 0 spiro atoms. The van der Waals surface area contributed by atoms with Gasteiger partial charge >= 0.3 is 0 Å². The van der Waals surface area contributed by atoms with Gasteiger partial charge in [-0.1, -0.05) is 25.5 Å². The van der Waals surface area contributed by atoms with E-state index in [0.717, 1.165) is 31.2 Å². The van der Waals surface area contributed by atoms with Crippen molar-refractivity contribution >= 4 is 0 Å². The summed E-state index contributed by atoms with van der Waals surface area (Å²) < 4.78 is 13.5. The number of aryl methyl sites for hydroxylation is 1. The van der Waals surface area contributed by atoms with Gasteiger partial charge in [-0.2, -0.15) is 0 Å². The van der Waals surface area contributed by atoms with Crippen molar-refractivity contribution in [3.05, 3.63) is 35.1 Å². The summed E-state index contributed by atoms with van der Waals surface area (Å²) in [5.41, 5.74) is 0.582. The quantitative estimate of drug-likeness (QED) is 0.811. The van der Waals surface area contributed by atoms with Crippen LogP contribution in [0.1, 0.15) is 43.7 Å². The monoisotopic (exact) mass is 222 g/mol. The molecular weight excluding hydrogens is 203 g/mol. The van der Waals surface area contributed by atoms with Crippen molar-refractivity contribution < 1.29 is 9.50 Å². The fraction of sp³-hybridized carbons (Fsp3) is 0.571. The lowest BCUT2D eigenvalue weighted by atomic mass is 9.90. The third-order valence-electron chi connectivity index (χ3n) is 3.88. The Morgan fingerprint density at radius 1 is 1.50 bits per heavy atom. The zero-order valence-corrected chi connectivity index (χ0v) is 9.96. The van der Waals surface area contributed by atoms with Crippen LogP contribution < -0.4 is 0 Å². The van der Waals surface area contributed by atoms with Gasteiger partial charge in [-0.15, -0.1) is 0 Å². The van der Waals surface area contributed by atoms with E-state index in [-0.39, 0.29) is 5.82 Å². The second kappa shape index (κ2) is 4.17. The highest BCUT2D eigenvalue weighted by molar-refractivity contribution is 5.28. The standard InChI is InChI=1S/C14H19FO/c1-3-11-6-7-14(16,9-11)12-5-4-10(2)13(15)8-12/h4-5,8,11,16H,3,6-7,9H2,1-2H3. The van der Waals surface area contributed by atoms with Crippen LogP contribution in [0.3, 0.4) is 0 Å². The summed E-state index contributed by atoms with van der Waals surface area (Å²) >= 11 is 0. The first-order chi connectivity index (χ1) is 7.55. The van der Waals surface area contributed by atoms with Gasteiger partial charge in [0, 0.05) is 0 Å². The Morgan fingerprint density at radius 2 is 2.25 bits per heavy atom. The van der Waals surface area contributed by atoms with Crippen molar-refractivity contribution in [2.45, 2.75) is 45.1 Å². The van der Waals surface area contributed by atoms with Gasteiger partial charge in [0.2, 0.25) is 0 Å². The van der Waals surface area contributed by atoms with Crippen LogP contribution in [0, 0.1) is 18.7 Å². The number of halogens is 1. The molecule has 88 valence electrons. The Hall–Kier alpha value is -0.890. The minimum absolute atomic E-state index is 0.217. The molecule has 1 aliphatic rings. The molecule has 2 rings (SSSR count). The summed E-state index contributed by atoms with van der Waals surface area (Å²) in [5.74, 6) is 0.361. The zero-order valence-electron chi connectivity index (χ0n) is 9.96. The van der Waals surface area contributed by atoms with E-state index < -0.39 is 5.60 Å². The molecule has 0 saturated heterocycles. The maximum Gasteiger partial charge on any atom is 0.126 e. The predicted molar refractivity (Wildman–Crippen MR) is 62.7 cm³/mol. The summed E-state index contributed by atoms with van der Waals surface area (Å²) in [6, 6.07) is 5.10. The van der Waals surface area contributed by atoms with Crippen LogP contribution in [0.4, 0.5) is 4.39 Å². The number of rotatable bonds is 2. The summed E-state index contributed by atoms with van der Waals surface area (Å²) in [6.07, 6.45) is 3.67. The molecule has 0 radical (unpaired) electrons. The average molecular weight is 222 g/mol. The highest BCUT2D eigenvalue weighted by Gasteiger charge is 2.38. The molecule has 2 atom stereocenters. The topological polar surface area (TPSA) is 20.2 Å². The molecule has 2 heteroatoms. The van der Waals surface area contributed by atoms with Gasteiger partial charge in [-0.3, -0.25) is 0 Å². The molecule has 0 aliphatic heterocycles. The van der Waals surface area contributed by atoms with Gasteiger partial charge in [0.1, 0.15) is 5.82 Å². The summed E-state index contributed by atoms with van der Waals surface area (Å²) in [5, 5.41) is 10.5. The third-order valence-corrected chi connectivity index (χ3v) is 3.88. The Labute approximate surface area is 96.3 Å². The summed E-state index contributed by atoms with van der Waals surface area (Å²) in [4.78, 5) is 0. The van der Waals surface area contributed by atoms with E-state index in [9.17, 15) is 9.50 Å². The zero-order chi connectivity index (χ0) is 11.8. The molecule has 1 saturated carbocycles. The van der Waals surface area contributed by atoms with E-state index in [1.54, 1.807) is 13.0 Å². The number of hydrogen-bond donors (Lipinski definition) is 1. The maximum atomic E-state index is 13.5. The molecule has 16 heavy (non-hydrogen) atoms. The lowest BCUT2D eigenvalue weighted by molar-refractivity contribution is 0.0395. The van der Waals surface area contributed by atoms with Gasteiger partial charge < -0.3 is 5.11 Å². The van der Waals surface area contributed by atoms with Crippen LogP contribution >= 0.6 is 0 Å². The van der Waals surface area contributed by atoms with Crippen molar-refractivity contribution in [1.29, 1.82) is 0 Å². The molecule has 1 fully saturated rings. The Bertz CT molecular complexity index is 388. The van der Waals surface area contributed by atoms with E-state index in [4.69, 9.17) is 0 Å². The van der Waals surface area contributed by atoms with Crippen molar-refractivity contribution in [2.24, 2.45) is 5.92 Å². The van der Waals surface area contributed by atoms with Crippen molar-refractivity contribution in [3.63, 3.8) is 0 Å². The van der Waals surface area contributed by atoms with Gasteiger partial charge in [-0.05, 0) is 49.3 Å². The third kappa shape index (κ3) is 1.99. The van der Waals surface area contributed by atoms with E-state index in [1.165, 1.54) is 6.07 Å². The first kappa shape index (κ1) is 11.6.